The van der Waals surface area contributed by atoms with E-state index in [9.17, 15) is 0 Å². The van der Waals surface area contributed by atoms with Gasteiger partial charge in [-0.1, -0.05) is 144 Å². The van der Waals surface area contributed by atoms with E-state index in [1.54, 1.807) is 0 Å². The Hall–Kier alpha value is -6.00. The fourth-order valence-electron chi connectivity index (χ4n) is 9.07. The van der Waals surface area contributed by atoms with E-state index in [0.717, 1.165) is 40.1 Å². The number of rotatable bonds is 8. The van der Waals surface area contributed by atoms with Gasteiger partial charge in [0.2, 0.25) is 7.28 Å². The molecule has 0 aliphatic carbocycles. The van der Waals surface area contributed by atoms with E-state index >= 15 is 0 Å². The first-order chi connectivity index (χ1) is 26.9. The number of furan rings is 1. The third-order valence-corrected chi connectivity index (χ3v) is 11.8. The molecule has 10 rings (SSSR count). The van der Waals surface area contributed by atoms with Gasteiger partial charge in [-0.25, -0.2) is 0 Å². The molecule has 1 aliphatic rings. The van der Waals surface area contributed by atoms with Crippen molar-refractivity contribution in [2.75, 3.05) is 5.32 Å². The van der Waals surface area contributed by atoms with Crippen molar-refractivity contribution in [2.24, 2.45) is 0 Å². The second kappa shape index (κ2) is 13.1. The maximum absolute atomic E-state index is 6.90. The van der Waals surface area contributed by atoms with Crippen LogP contribution in [0.5, 0.6) is 0 Å². The Kier molecular flexibility index (Phi) is 7.99. The monoisotopic (exact) mass is 712 g/mol. The number of nitrogens with one attached hydrogen (secondary N) is 1. The third-order valence-electron chi connectivity index (χ3n) is 11.8. The van der Waals surface area contributed by atoms with Crippen LogP contribution in [0.2, 0.25) is 0 Å². The van der Waals surface area contributed by atoms with Crippen molar-refractivity contribution in [3.63, 3.8) is 0 Å². The van der Waals surface area contributed by atoms with Gasteiger partial charge in [0, 0.05) is 38.6 Å². The van der Waals surface area contributed by atoms with E-state index < -0.39 is 0 Å². The summed E-state index contributed by atoms with van der Waals surface area (Å²) >= 11 is 0. The Bertz CT molecular complexity index is 2910. The van der Waals surface area contributed by atoms with Crippen LogP contribution in [0.4, 0.5) is 11.4 Å². The average Bonchev–Trinajstić information content (AvgIpc) is 3.75. The molecule has 0 radical (unpaired) electrons. The number of hydrogen-bond donors (Lipinski definition) is 1. The molecule has 2 aromatic heterocycles. The summed E-state index contributed by atoms with van der Waals surface area (Å²) in [7, 11) is 0.704. The molecule has 1 N–H and O–H groups in total. The zero-order chi connectivity index (χ0) is 37.3. The molecule has 268 valence electrons. The standard InChI is InChI=1S/C51H45BN2O/c1-5-6-8-15-32-22-26-36(27-23-32)53-42-21-14-13-20-38(42)39-31-41(51(2,3)4)46-45-37-19-12-11-18-34(37)24-28-43(45)54-48-40-30-35(33-16-9-7-10-17-33)25-29-44(40)55-50(48)52-47(39)49(46)54/h7,9-14,16-31,52-53H,5-6,8,15H2,1-4H3. The van der Waals surface area contributed by atoms with Crippen molar-refractivity contribution in [2.45, 2.75) is 58.8 Å². The highest BCUT2D eigenvalue weighted by molar-refractivity contribution is 6.73. The number of benzene rings is 7. The molecule has 3 nitrogen and oxygen atoms in total. The number of anilines is 2. The van der Waals surface area contributed by atoms with Gasteiger partial charge in [-0.2, -0.15) is 0 Å². The van der Waals surface area contributed by atoms with Gasteiger partial charge in [-0.15, -0.1) is 0 Å². The van der Waals surface area contributed by atoms with E-state index in [1.807, 2.05) is 0 Å². The van der Waals surface area contributed by atoms with Crippen LogP contribution in [0.3, 0.4) is 0 Å². The fourth-order valence-corrected chi connectivity index (χ4v) is 9.07. The molecule has 3 heterocycles. The molecule has 0 atom stereocenters. The molecule has 55 heavy (non-hydrogen) atoms. The number of fused-ring (bicyclic) bond motifs is 9. The van der Waals surface area contributed by atoms with E-state index in [0.29, 0.717) is 7.28 Å². The second-order valence-electron chi connectivity index (χ2n) is 16.4. The molecule has 7 aromatic carbocycles. The smallest absolute Gasteiger partial charge is 0.244 e. The van der Waals surface area contributed by atoms with Gasteiger partial charge in [0.05, 0.1) is 16.9 Å². The van der Waals surface area contributed by atoms with Crippen LogP contribution in [-0.4, -0.2) is 11.8 Å². The Balaban J connectivity index is 1.25. The number of hydrogen-bond acceptors (Lipinski definition) is 2. The van der Waals surface area contributed by atoms with Crippen molar-refractivity contribution in [3.05, 3.63) is 151 Å². The first-order valence-corrected chi connectivity index (χ1v) is 20.0. The highest BCUT2D eigenvalue weighted by atomic mass is 16.3. The van der Waals surface area contributed by atoms with Gasteiger partial charge in [-0.05, 0) is 98.7 Å². The predicted molar refractivity (Wildman–Crippen MR) is 237 cm³/mol. The zero-order valence-electron chi connectivity index (χ0n) is 32.2. The van der Waals surface area contributed by atoms with Crippen LogP contribution in [0.1, 0.15) is 58.1 Å². The second-order valence-corrected chi connectivity index (χ2v) is 16.4. The van der Waals surface area contributed by atoms with Gasteiger partial charge < -0.3 is 14.3 Å². The van der Waals surface area contributed by atoms with Crippen molar-refractivity contribution in [3.8, 4) is 27.9 Å². The lowest BCUT2D eigenvalue weighted by Crippen LogP contribution is -2.36. The number of aromatic nitrogens is 1. The Morgan fingerprint density at radius 3 is 2.27 bits per heavy atom. The molecule has 0 fully saturated rings. The van der Waals surface area contributed by atoms with Crippen molar-refractivity contribution in [1.29, 1.82) is 0 Å². The predicted octanol–water partition coefficient (Wildman–Crippen LogP) is 12.5. The quantitative estimate of drug-likeness (QED) is 0.126. The molecule has 9 aromatic rings. The number of unbranched alkanes of at least 4 members (excludes halogenated alkanes) is 2. The van der Waals surface area contributed by atoms with E-state index in [2.05, 4.69) is 177 Å². The maximum Gasteiger partial charge on any atom is 0.244 e. The molecule has 0 saturated heterocycles. The Morgan fingerprint density at radius 2 is 1.45 bits per heavy atom. The summed E-state index contributed by atoms with van der Waals surface area (Å²) in [5.41, 5.74) is 16.6. The third kappa shape index (κ3) is 5.57. The summed E-state index contributed by atoms with van der Waals surface area (Å²) in [5.74, 6) is 0. The van der Waals surface area contributed by atoms with Crippen LogP contribution in [-0.2, 0) is 11.8 Å². The molecule has 0 spiro atoms. The molecule has 4 heteroatoms. The van der Waals surface area contributed by atoms with E-state index in [4.69, 9.17) is 4.42 Å². The summed E-state index contributed by atoms with van der Waals surface area (Å²) in [6.45, 7) is 9.35. The first-order valence-electron chi connectivity index (χ1n) is 20.0. The minimum atomic E-state index is -0.126. The lowest BCUT2D eigenvalue weighted by atomic mass is 9.61. The van der Waals surface area contributed by atoms with Crippen LogP contribution in [0.25, 0.3) is 71.5 Å². The molecular formula is C51H45BN2O. The van der Waals surface area contributed by atoms with Crippen LogP contribution < -0.4 is 16.4 Å². The lowest BCUT2D eigenvalue weighted by Gasteiger charge is -2.27. The van der Waals surface area contributed by atoms with Crippen LogP contribution >= 0.6 is 0 Å². The lowest BCUT2D eigenvalue weighted by molar-refractivity contribution is 0.596. The normalized spacial score (nSPS) is 12.4. The van der Waals surface area contributed by atoms with Crippen LogP contribution in [0, 0.1) is 0 Å². The maximum atomic E-state index is 6.90. The van der Waals surface area contributed by atoms with E-state index in [1.165, 1.54) is 90.7 Å². The van der Waals surface area contributed by atoms with Gasteiger partial charge in [0.15, 0.2) is 0 Å². The topological polar surface area (TPSA) is 30.1 Å². The molecule has 0 bridgehead atoms. The summed E-state index contributed by atoms with van der Waals surface area (Å²) in [6.07, 6.45) is 4.88. The molecule has 1 aliphatic heterocycles. The highest BCUT2D eigenvalue weighted by Gasteiger charge is 2.34. The minimum absolute atomic E-state index is 0.126. The Morgan fingerprint density at radius 1 is 0.673 bits per heavy atom. The van der Waals surface area contributed by atoms with Crippen LogP contribution in [0.15, 0.2) is 144 Å². The molecular weight excluding hydrogens is 667 g/mol. The first kappa shape index (κ1) is 33.6. The van der Waals surface area contributed by atoms with Crippen molar-refractivity contribution in [1.82, 2.24) is 4.57 Å². The number of para-hydroxylation sites is 1. The van der Waals surface area contributed by atoms with Gasteiger partial charge in [-0.3, -0.25) is 0 Å². The summed E-state index contributed by atoms with van der Waals surface area (Å²) in [5, 5.41) is 10.2. The summed E-state index contributed by atoms with van der Waals surface area (Å²) in [6, 6.07) is 51.2. The minimum Gasteiger partial charge on any atom is -0.469 e. The SMILES string of the molecule is CCCCCc1ccc(Nc2ccccc2-c2cc(C(C)(C)C)c3c4c5ccccc5ccc4n4c3c2Bc2oc3ccc(-c5ccccc5)cc3c2-4)cc1. The van der Waals surface area contributed by atoms with Crippen molar-refractivity contribution >= 4 is 73.3 Å². The van der Waals surface area contributed by atoms with Gasteiger partial charge in [0.25, 0.3) is 0 Å². The molecule has 0 unspecified atom stereocenters. The summed E-state index contributed by atoms with van der Waals surface area (Å²) < 4.78 is 9.45. The van der Waals surface area contributed by atoms with E-state index in [-0.39, 0.29) is 5.41 Å². The summed E-state index contributed by atoms with van der Waals surface area (Å²) in [4.78, 5) is 0. The largest absolute Gasteiger partial charge is 0.469 e. The fraction of sp³-hybridized carbons (Fsp3) is 0.176. The van der Waals surface area contributed by atoms with Gasteiger partial charge in [0.1, 0.15) is 5.58 Å². The molecule has 0 saturated carbocycles. The van der Waals surface area contributed by atoms with Crippen molar-refractivity contribution < 1.29 is 4.42 Å². The average molecular weight is 713 g/mol. The van der Waals surface area contributed by atoms with Gasteiger partial charge >= 0.3 is 0 Å². The number of nitrogens with zero attached hydrogens (tertiary/aromatic N) is 1. The number of aryl methyl sites for hydroxylation is 1. The Labute approximate surface area is 323 Å². The molecule has 0 amide bonds. The highest BCUT2D eigenvalue weighted by Crippen LogP contribution is 2.46. The zero-order valence-corrected chi connectivity index (χ0v) is 32.2.